The number of nitrogens with zero attached hydrogens (tertiary/aromatic N) is 3. The Morgan fingerprint density at radius 3 is 2.79 bits per heavy atom. The number of amides is 2. The molecular weight excluding hydrogens is 384 g/mol. The molecule has 0 aliphatic carbocycles. The first-order valence-corrected chi connectivity index (χ1v) is 10.8. The first kappa shape index (κ1) is 19.5. The van der Waals surface area contributed by atoms with Crippen LogP contribution in [0.5, 0.6) is 0 Å². The first-order valence-electron chi connectivity index (χ1n) is 9.84. The van der Waals surface area contributed by atoms with Gasteiger partial charge in [0.15, 0.2) is 0 Å². The van der Waals surface area contributed by atoms with Gasteiger partial charge in [0, 0.05) is 43.1 Å². The van der Waals surface area contributed by atoms with Gasteiger partial charge in [-0.3, -0.25) is 9.59 Å². The number of aromatic nitrogens is 2. The van der Waals surface area contributed by atoms with Crippen LogP contribution in [0.15, 0.2) is 53.4 Å². The van der Waals surface area contributed by atoms with Crippen LogP contribution in [-0.4, -0.2) is 40.2 Å². The molecule has 7 heteroatoms. The maximum atomic E-state index is 12.6. The van der Waals surface area contributed by atoms with Gasteiger partial charge in [-0.1, -0.05) is 24.3 Å². The average molecular weight is 409 g/mol. The van der Waals surface area contributed by atoms with E-state index in [9.17, 15) is 9.59 Å². The Labute approximate surface area is 174 Å². The Hall–Kier alpha value is -2.80. The van der Waals surface area contributed by atoms with Crippen molar-refractivity contribution in [2.45, 2.75) is 31.2 Å². The van der Waals surface area contributed by atoms with E-state index in [0.717, 1.165) is 33.2 Å². The number of hydrogen-bond acceptors (Lipinski definition) is 4. The van der Waals surface area contributed by atoms with Crippen LogP contribution in [0.3, 0.4) is 0 Å². The minimum atomic E-state index is -0.0971. The summed E-state index contributed by atoms with van der Waals surface area (Å²) >= 11 is 1.77. The number of fused-ring (bicyclic) bond motifs is 2. The summed E-state index contributed by atoms with van der Waals surface area (Å²) < 4.78 is 2.10. The number of rotatable bonds is 6. The Morgan fingerprint density at radius 2 is 1.90 bits per heavy atom. The summed E-state index contributed by atoms with van der Waals surface area (Å²) in [5, 5.41) is 2.93. The molecule has 0 fully saturated rings. The quantitative estimate of drug-likeness (QED) is 0.679. The molecule has 0 bridgehead atoms. The smallest absolute Gasteiger partial charge is 0.227 e. The van der Waals surface area contributed by atoms with Gasteiger partial charge in [0.25, 0.3) is 0 Å². The molecule has 2 heterocycles. The lowest BCUT2D eigenvalue weighted by atomic mass is 10.2. The predicted octanol–water partition coefficient (Wildman–Crippen LogP) is 3.38. The molecule has 0 spiro atoms. The Morgan fingerprint density at radius 1 is 1.10 bits per heavy atom. The van der Waals surface area contributed by atoms with Gasteiger partial charge in [0.1, 0.15) is 5.82 Å². The molecule has 6 nitrogen and oxygen atoms in total. The topological polar surface area (TPSA) is 67.2 Å². The van der Waals surface area contributed by atoms with Crippen LogP contribution in [0.25, 0.3) is 11.0 Å². The zero-order valence-electron chi connectivity index (χ0n) is 16.4. The number of carbonyl (C=O) groups excluding carboxylic acids is 2. The second kappa shape index (κ2) is 8.69. The molecule has 1 aliphatic heterocycles. The van der Waals surface area contributed by atoms with Crippen LogP contribution in [0.1, 0.15) is 18.7 Å². The van der Waals surface area contributed by atoms with Crippen LogP contribution >= 0.6 is 11.8 Å². The van der Waals surface area contributed by atoms with E-state index < -0.39 is 0 Å². The second-order valence-electron chi connectivity index (χ2n) is 7.01. The average Bonchev–Trinajstić information content (AvgIpc) is 3.07. The largest absolute Gasteiger partial charge is 0.354 e. The molecule has 150 valence electrons. The van der Waals surface area contributed by atoms with Gasteiger partial charge in [-0.15, -0.1) is 11.8 Å². The molecule has 0 unspecified atom stereocenters. The Bertz CT molecular complexity index is 1050. The van der Waals surface area contributed by atoms with E-state index in [4.69, 9.17) is 0 Å². The molecule has 2 aromatic carbocycles. The first-order chi connectivity index (χ1) is 14.1. The van der Waals surface area contributed by atoms with Crippen molar-refractivity contribution in [3.8, 4) is 0 Å². The van der Waals surface area contributed by atoms with Crippen LogP contribution in [0.4, 0.5) is 5.69 Å². The van der Waals surface area contributed by atoms with Gasteiger partial charge in [-0.05, 0) is 31.2 Å². The van der Waals surface area contributed by atoms with Crippen molar-refractivity contribution < 1.29 is 9.59 Å². The number of aryl methyl sites for hydroxylation is 1. The van der Waals surface area contributed by atoms with Crippen molar-refractivity contribution in [3.05, 3.63) is 54.4 Å². The molecule has 1 aliphatic rings. The molecule has 0 saturated heterocycles. The molecule has 2 amide bonds. The fourth-order valence-electron chi connectivity index (χ4n) is 3.66. The highest BCUT2D eigenvalue weighted by Gasteiger charge is 2.22. The van der Waals surface area contributed by atoms with E-state index in [1.54, 1.807) is 16.7 Å². The second-order valence-corrected chi connectivity index (χ2v) is 8.15. The van der Waals surface area contributed by atoms with Crippen LogP contribution < -0.4 is 10.2 Å². The van der Waals surface area contributed by atoms with E-state index in [0.29, 0.717) is 19.6 Å². The molecule has 1 N–H and O–H groups in total. The summed E-state index contributed by atoms with van der Waals surface area (Å²) in [6.07, 6.45) is 0.423. The van der Waals surface area contributed by atoms with Gasteiger partial charge in [-0.2, -0.15) is 0 Å². The number of nitrogens with one attached hydrogen (secondary N) is 1. The molecule has 0 radical (unpaired) electrons. The minimum Gasteiger partial charge on any atom is -0.354 e. The summed E-state index contributed by atoms with van der Waals surface area (Å²) in [5.41, 5.74) is 2.98. The highest BCUT2D eigenvalue weighted by molar-refractivity contribution is 7.99. The van der Waals surface area contributed by atoms with Gasteiger partial charge in [-0.25, -0.2) is 4.98 Å². The lowest BCUT2D eigenvalue weighted by Crippen LogP contribution is -2.36. The lowest BCUT2D eigenvalue weighted by Gasteiger charge is -2.29. The van der Waals surface area contributed by atoms with Gasteiger partial charge >= 0.3 is 0 Å². The van der Waals surface area contributed by atoms with E-state index >= 15 is 0 Å². The van der Waals surface area contributed by atoms with Crippen molar-refractivity contribution in [2.24, 2.45) is 0 Å². The maximum Gasteiger partial charge on any atom is 0.227 e. The van der Waals surface area contributed by atoms with Gasteiger partial charge < -0.3 is 14.8 Å². The molecular formula is C22H24N4O2S. The van der Waals surface area contributed by atoms with Crippen molar-refractivity contribution in [1.82, 2.24) is 14.9 Å². The van der Waals surface area contributed by atoms with E-state index in [2.05, 4.69) is 14.9 Å². The van der Waals surface area contributed by atoms with Crippen molar-refractivity contribution in [1.29, 1.82) is 0 Å². The predicted molar refractivity (Wildman–Crippen MR) is 116 cm³/mol. The third-order valence-electron chi connectivity index (χ3n) is 5.10. The zero-order valence-corrected chi connectivity index (χ0v) is 17.2. The SMILES string of the molecule is Cc1nc2ccccc2n1CCNC(=O)CCC(=O)N1CCSc2ccccc21. The monoisotopic (exact) mass is 408 g/mol. The number of benzene rings is 2. The van der Waals surface area contributed by atoms with Crippen LogP contribution in [0.2, 0.25) is 0 Å². The minimum absolute atomic E-state index is 0.00403. The zero-order chi connectivity index (χ0) is 20.2. The third-order valence-corrected chi connectivity index (χ3v) is 6.14. The van der Waals surface area contributed by atoms with Crippen molar-refractivity contribution in [3.63, 3.8) is 0 Å². The molecule has 4 rings (SSSR count). The maximum absolute atomic E-state index is 12.6. The fourth-order valence-corrected chi connectivity index (χ4v) is 4.65. The van der Waals surface area contributed by atoms with Gasteiger partial charge in [0.05, 0.1) is 16.7 Å². The molecule has 1 aromatic heterocycles. The number of hydrogen-bond donors (Lipinski definition) is 1. The molecule has 29 heavy (non-hydrogen) atoms. The van der Waals surface area contributed by atoms with Gasteiger partial charge in [0.2, 0.25) is 11.8 Å². The van der Waals surface area contributed by atoms with Crippen molar-refractivity contribution >= 4 is 40.3 Å². The van der Waals surface area contributed by atoms with Crippen molar-refractivity contribution in [2.75, 3.05) is 23.7 Å². The summed E-state index contributed by atoms with van der Waals surface area (Å²) in [5.74, 6) is 1.72. The highest BCUT2D eigenvalue weighted by Crippen LogP contribution is 2.34. The number of carbonyl (C=O) groups is 2. The van der Waals surface area contributed by atoms with E-state index in [1.165, 1.54) is 0 Å². The summed E-state index contributed by atoms with van der Waals surface area (Å²) in [7, 11) is 0. The summed E-state index contributed by atoms with van der Waals surface area (Å²) in [6, 6.07) is 15.9. The Kier molecular flexibility index (Phi) is 5.85. The number of thioether (sulfide) groups is 1. The molecule has 3 aromatic rings. The standard InChI is InChI=1S/C22H24N4O2S/c1-16-24-17-6-2-3-7-18(17)25(16)13-12-23-21(27)10-11-22(28)26-14-15-29-20-9-5-4-8-19(20)26/h2-9H,10-15H2,1H3,(H,23,27). The number of imidazole rings is 1. The highest BCUT2D eigenvalue weighted by atomic mass is 32.2. The molecule has 0 saturated carbocycles. The number of para-hydroxylation sites is 3. The Balaban J connectivity index is 1.27. The number of anilines is 1. The fraction of sp³-hybridized carbons (Fsp3) is 0.318. The van der Waals surface area contributed by atoms with Crippen LogP contribution in [-0.2, 0) is 16.1 Å². The summed E-state index contributed by atoms with van der Waals surface area (Å²) in [4.78, 5) is 32.4. The molecule has 0 atom stereocenters. The normalized spacial score (nSPS) is 13.3. The van der Waals surface area contributed by atoms with Crippen LogP contribution in [0, 0.1) is 6.92 Å². The van der Waals surface area contributed by atoms with E-state index in [-0.39, 0.29) is 24.7 Å². The summed E-state index contributed by atoms with van der Waals surface area (Å²) in [6.45, 7) is 3.82. The lowest BCUT2D eigenvalue weighted by molar-refractivity contribution is -0.125. The van der Waals surface area contributed by atoms with E-state index in [1.807, 2.05) is 55.5 Å². The third kappa shape index (κ3) is 4.29.